The lowest BCUT2D eigenvalue weighted by Gasteiger charge is -2.06. The van der Waals surface area contributed by atoms with E-state index in [9.17, 15) is 8.42 Å². The van der Waals surface area contributed by atoms with Gasteiger partial charge in [-0.25, -0.2) is 0 Å². The Labute approximate surface area is 101 Å². The smallest absolute Gasteiger partial charge is 0.289 e. The van der Waals surface area contributed by atoms with Crippen molar-refractivity contribution in [1.82, 2.24) is 0 Å². The molecule has 5 nitrogen and oxygen atoms in total. The first-order valence-electron chi connectivity index (χ1n) is 5.26. The van der Waals surface area contributed by atoms with E-state index in [1.54, 1.807) is 0 Å². The van der Waals surface area contributed by atoms with Crippen LogP contribution in [-0.2, 0) is 21.3 Å². The zero-order valence-corrected chi connectivity index (χ0v) is 10.4. The van der Waals surface area contributed by atoms with Crippen molar-refractivity contribution in [3.8, 4) is 5.75 Å². The fourth-order valence-corrected chi connectivity index (χ4v) is 1.53. The van der Waals surface area contributed by atoms with Crippen LogP contribution in [0.2, 0.25) is 0 Å². The molecule has 0 heterocycles. The minimum Gasteiger partial charge on any atom is -0.491 e. The average Bonchev–Trinajstić information content (AvgIpc) is 2.28. The molecule has 0 aliphatic heterocycles. The summed E-state index contributed by atoms with van der Waals surface area (Å²) in [6, 6.07) is 7.63. The van der Waals surface area contributed by atoms with E-state index in [0.29, 0.717) is 5.75 Å². The van der Waals surface area contributed by atoms with Crippen molar-refractivity contribution in [2.75, 3.05) is 19.2 Å². The summed E-state index contributed by atoms with van der Waals surface area (Å²) >= 11 is 0. The summed E-state index contributed by atoms with van der Waals surface area (Å²) in [5.41, 5.74) is 1.22. The van der Waals surface area contributed by atoms with Crippen molar-refractivity contribution in [3.05, 3.63) is 29.8 Å². The van der Waals surface area contributed by atoms with Crippen LogP contribution in [-0.4, -0.2) is 32.1 Å². The summed E-state index contributed by atoms with van der Waals surface area (Å²) in [7, 11) is -4.06. The Hall–Kier alpha value is -1.11. The third-order valence-corrected chi connectivity index (χ3v) is 2.52. The lowest BCUT2D eigenvalue weighted by molar-refractivity contribution is 0.128. The normalized spacial score (nSPS) is 11.4. The van der Waals surface area contributed by atoms with E-state index >= 15 is 0 Å². The van der Waals surface area contributed by atoms with E-state index < -0.39 is 16.1 Å². The molecule has 1 aromatic carbocycles. The van der Waals surface area contributed by atoms with Crippen LogP contribution in [0.25, 0.3) is 0 Å². The maximum atomic E-state index is 10.3. The summed E-state index contributed by atoms with van der Waals surface area (Å²) in [6.07, 6.45) is 0.970. The van der Waals surface area contributed by atoms with Gasteiger partial charge in [0, 0.05) is 0 Å². The van der Waals surface area contributed by atoms with Crippen LogP contribution >= 0.6 is 0 Å². The van der Waals surface area contributed by atoms with E-state index in [0.717, 1.165) is 6.42 Å². The SMILES string of the molecule is CCc1ccc(OCCOCS(=O)(=O)O)cc1. The van der Waals surface area contributed by atoms with Crippen molar-refractivity contribution in [2.24, 2.45) is 0 Å². The molecule has 17 heavy (non-hydrogen) atoms. The van der Waals surface area contributed by atoms with Crippen LogP contribution in [0.1, 0.15) is 12.5 Å². The average molecular weight is 260 g/mol. The second kappa shape index (κ2) is 6.58. The van der Waals surface area contributed by atoms with Crippen molar-refractivity contribution in [2.45, 2.75) is 13.3 Å². The molecule has 1 N–H and O–H groups in total. The number of ether oxygens (including phenoxy) is 2. The Morgan fingerprint density at radius 3 is 2.35 bits per heavy atom. The van der Waals surface area contributed by atoms with Crippen molar-refractivity contribution in [1.29, 1.82) is 0 Å². The molecule has 6 heteroatoms. The van der Waals surface area contributed by atoms with Gasteiger partial charge < -0.3 is 9.47 Å². The molecule has 0 aliphatic carbocycles. The number of rotatable bonds is 7. The fraction of sp³-hybridized carbons (Fsp3) is 0.455. The van der Waals surface area contributed by atoms with E-state index in [4.69, 9.17) is 14.0 Å². The Bertz CT molecular complexity index is 424. The third-order valence-electron chi connectivity index (χ3n) is 2.06. The van der Waals surface area contributed by atoms with Gasteiger partial charge in [-0.05, 0) is 24.1 Å². The molecule has 96 valence electrons. The van der Waals surface area contributed by atoms with Gasteiger partial charge in [0.25, 0.3) is 10.1 Å². The molecule has 0 radical (unpaired) electrons. The van der Waals surface area contributed by atoms with Crippen molar-refractivity contribution < 1.29 is 22.4 Å². The van der Waals surface area contributed by atoms with E-state index in [-0.39, 0.29) is 13.2 Å². The molecule has 0 amide bonds. The van der Waals surface area contributed by atoms with Gasteiger partial charge in [0.15, 0.2) is 5.94 Å². The minimum atomic E-state index is -4.06. The van der Waals surface area contributed by atoms with Crippen molar-refractivity contribution in [3.63, 3.8) is 0 Å². The molecule has 0 saturated carbocycles. The van der Waals surface area contributed by atoms with E-state index in [2.05, 4.69) is 6.92 Å². The molecule has 0 fully saturated rings. The number of benzene rings is 1. The van der Waals surface area contributed by atoms with E-state index in [1.807, 2.05) is 24.3 Å². The zero-order chi connectivity index (χ0) is 12.7. The van der Waals surface area contributed by atoms with Gasteiger partial charge >= 0.3 is 0 Å². The Balaban J connectivity index is 2.22. The Kier molecular flexibility index (Phi) is 5.40. The number of hydrogen-bond donors (Lipinski definition) is 1. The monoisotopic (exact) mass is 260 g/mol. The summed E-state index contributed by atoms with van der Waals surface area (Å²) in [5, 5.41) is 0. The molecular formula is C11H16O5S. The maximum Gasteiger partial charge on any atom is 0.289 e. The van der Waals surface area contributed by atoms with Crippen LogP contribution in [0.5, 0.6) is 5.75 Å². The van der Waals surface area contributed by atoms with Gasteiger partial charge in [-0.3, -0.25) is 4.55 Å². The first kappa shape index (κ1) is 14.0. The standard InChI is InChI=1S/C11H16O5S/c1-2-10-3-5-11(6-4-10)16-8-7-15-9-17(12,13)14/h3-6H,2,7-9H2,1H3,(H,12,13,14). The largest absolute Gasteiger partial charge is 0.491 e. The lowest BCUT2D eigenvalue weighted by Crippen LogP contribution is -2.13. The molecule has 0 aliphatic rings. The van der Waals surface area contributed by atoms with Crippen LogP contribution < -0.4 is 4.74 Å². The molecular weight excluding hydrogens is 244 g/mol. The van der Waals surface area contributed by atoms with Gasteiger partial charge in [0.2, 0.25) is 0 Å². The maximum absolute atomic E-state index is 10.3. The first-order valence-corrected chi connectivity index (χ1v) is 6.87. The van der Waals surface area contributed by atoms with Crippen LogP contribution in [0, 0.1) is 0 Å². The number of aryl methyl sites for hydroxylation is 1. The predicted octanol–water partition coefficient (Wildman–Crippen LogP) is 1.49. The third kappa shape index (κ3) is 6.25. The zero-order valence-electron chi connectivity index (χ0n) is 9.63. The predicted molar refractivity (Wildman–Crippen MR) is 63.7 cm³/mol. The number of hydrogen-bond acceptors (Lipinski definition) is 4. The Morgan fingerprint density at radius 1 is 1.18 bits per heavy atom. The van der Waals surface area contributed by atoms with Gasteiger partial charge in [-0.15, -0.1) is 0 Å². The van der Waals surface area contributed by atoms with Gasteiger partial charge in [0.05, 0.1) is 6.61 Å². The summed E-state index contributed by atoms with van der Waals surface area (Å²) < 4.78 is 39.1. The molecule has 1 rings (SSSR count). The van der Waals surface area contributed by atoms with Gasteiger partial charge in [-0.2, -0.15) is 8.42 Å². The quantitative estimate of drug-likeness (QED) is 0.594. The molecule has 0 bridgehead atoms. The molecule has 0 spiro atoms. The topological polar surface area (TPSA) is 72.8 Å². The fourth-order valence-electron chi connectivity index (χ4n) is 1.20. The highest BCUT2D eigenvalue weighted by atomic mass is 32.2. The van der Waals surface area contributed by atoms with Crippen LogP contribution in [0.4, 0.5) is 0 Å². The highest BCUT2D eigenvalue weighted by molar-refractivity contribution is 7.85. The highest BCUT2D eigenvalue weighted by Crippen LogP contribution is 2.12. The van der Waals surface area contributed by atoms with Gasteiger partial charge in [0.1, 0.15) is 12.4 Å². The van der Waals surface area contributed by atoms with Gasteiger partial charge in [-0.1, -0.05) is 19.1 Å². The van der Waals surface area contributed by atoms with E-state index in [1.165, 1.54) is 5.56 Å². The van der Waals surface area contributed by atoms with Crippen molar-refractivity contribution >= 4 is 10.1 Å². The highest BCUT2D eigenvalue weighted by Gasteiger charge is 2.03. The Morgan fingerprint density at radius 2 is 1.82 bits per heavy atom. The molecule has 0 unspecified atom stereocenters. The molecule has 0 atom stereocenters. The summed E-state index contributed by atoms with van der Waals surface area (Å²) in [4.78, 5) is 0. The summed E-state index contributed by atoms with van der Waals surface area (Å²) in [6.45, 7) is 2.41. The summed E-state index contributed by atoms with van der Waals surface area (Å²) in [5.74, 6) is 0.00292. The van der Waals surface area contributed by atoms with Crippen LogP contribution in [0.15, 0.2) is 24.3 Å². The molecule has 1 aromatic rings. The second-order valence-corrected chi connectivity index (χ2v) is 4.85. The first-order chi connectivity index (χ1) is 8.01. The second-order valence-electron chi connectivity index (χ2n) is 3.45. The van der Waals surface area contributed by atoms with Crippen LogP contribution in [0.3, 0.4) is 0 Å². The lowest BCUT2D eigenvalue weighted by atomic mass is 10.2. The molecule has 0 aromatic heterocycles. The molecule has 0 saturated heterocycles. The minimum absolute atomic E-state index is 0.106.